The van der Waals surface area contributed by atoms with Crippen molar-refractivity contribution in [2.75, 3.05) is 0 Å². The first-order chi connectivity index (χ1) is 7.66. The zero-order chi connectivity index (χ0) is 11.5. The largest absolute Gasteiger partial charge is 0.384 e. The van der Waals surface area contributed by atoms with Crippen LogP contribution < -0.4 is 0 Å². The minimum absolute atomic E-state index is 0.551. The minimum atomic E-state index is -0.551. The summed E-state index contributed by atoms with van der Waals surface area (Å²) in [5.41, 5.74) is 1.83. The second-order valence-electron chi connectivity index (χ2n) is 3.51. The van der Waals surface area contributed by atoms with E-state index < -0.39 is 6.10 Å². The molecule has 0 radical (unpaired) electrons. The van der Waals surface area contributed by atoms with Gasteiger partial charge in [0.2, 0.25) is 0 Å². The lowest BCUT2D eigenvalue weighted by atomic mass is 10.0. The van der Waals surface area contributed by atoms with Gasteiger partial charge in [-0.25, -0.2) is 0 Å². The van der Waals surface area contributed by atoms with Gasteiger partial charge in [0.05, 0.1) is 0 Å². The Hall–Kier alpha value is -0.390. The van der Waals surface area contributed by atoms with Crippen LogP contribution in [0, 0.1) is 3.57 Å². The van der Waals surface area contributed by atoms with E-state index in [2.05, 4.69) is 38.5 Å². The molecule has 0 aliphatic rings. The first-order valence-corrected chi connectivity index (χ1v) is 6.73. The average molecular weight is 389 g/mol. The highest BCUT2D eigenvalue weighted by Gasteiger charge is 2.09. The van der Waals surface area contributed by atoms with Crippen LogP contribution in [0.2, 0.25) is 0 Å². The van der Waals surface area contributed by atoms with Gasteiger partial charge < -0.3 is 5.11 Å². The second-order valence-corrected chi connectivity index (χ2v) is 5.67. The third kappa shape index (κ3) is 2.84. The fourth-order valence-electron chi connectivity index (χ4n) is 1.48. The van der Waals surface area contributed by atoms with Crippen LogP contribution in [0.4, 0.5) is 0 Å². The van der Waals surface area contributed by atoms with Gasteiger partial charge in [-0.3, -0.25) is 0 Å². The van der Waals surface area contributed by atoms with Gasteiger partial charge >= 0.3 is 0 Å². The molecule has 2 rings (SSSR count). The number of hydrogen-bond donors (Lipinski definition) is 1. The molecule has 1 N–H and O–H groups in total. The zero-order valence-corrected chi connectivity index (χ0v) is 12.1. The summed E-state index contributed by atoms with van der Waals surface area (Å²) in [5.74, 6) is 0. The summed E-state index contributed by atoms with van der Waals surface area (Å²) in [5, 5.41) is 10.2. The van der Waals surface area contributed by atoms with Crippen molar-refractivity contribution in [1.82, 2.24) is 0 Å². The van der Waals surface area contributed by atoms with E-state index in [9.17, 15) is 5.11 Å². The number of halogens is 2. The van der Waals surface area contributed by atoms with Crippen LogP contribution in [0.15, 0.2) is 53.0 Å². The molecule has 0 bridgehead atoms. The van der Waals surface area contributed by atoms with Crippen molar-refractivity contribution < 1.29 is 5.11 Å². The Balaban J connectivity index is 2.28. The third-order valence-electron chi connectivity index (χ3n) is 2.37. The Labute approximate surface area is 117 Å². The van der Waals surface area contributed by atoms with Gasteiger partial charge in [0.25, 0.3) is 0 Å². The molecule has 1 nitrogen and oxygen atoms in total. The number of aliphatic hydroxyl groups is 1. The molecular formula is C13H10BrIO. The van der Waals surface area contributed by atoms with Crippen LogP contribution in [-0.2, 0) is 0 Å². The van der Waals surface area contributed by atoms with Crippen LogP contribution >= 0.6 is 38.5 Å². The molecule has 2 aromatic rings. The van der Waals surface area contributed by atoms with E-state index in [0.29, 0.717) is 0 Å². The summed E-state index contributed by atoms with van der Waals surface area (Å²) in [6.07, 6.45) is -0.551. The summed E-state index contributed by atoms with van der Waals surface area (Å²) in [6, 6.07) is 15.6. The molecule has 16 heavy (non-hydrogen) atoms. The molecule has 0 spiro atoms. The Morgan fingerprint density at radius 3 is 1.81 bits per heavy atom. The highest BCUT2D eigenvalue weighted by atomic mass is 127. The third-order valence-corrected chi connectivity index (χ3v) is 3.62. The highest BCUT2D eigenvalue weighted by Crippen LogP contribution is 2.23. The van der Waals surface area contributed by atoms with Gasteiger partial charge in [-0.15, -0.1) is 0 Å². The quantitative estimate of drug-likeness (QED) is 0.766. The lowest BCUT2D eigenvalue weighted by molar-refractivity contribution is 0.220. The average Bonchev–Trinajstić information content (AvgIpc) is 2.30. The minimum Gasteiger partial charge on any atom is -0.384 e. The van der Waals surface area contributed by atoms with E-state index in [0.717, 1.165) is 15.6 Å². The summed E-state index contributed by atoms with van der Waals surface area (Å²) in [4.78, 5) is 0. The molecule has 0 saturated heterocycles. The summed E-state index contributed by atoms with van der Waals surface area (Å²) in [7, 11) is 0. The number of rotatable bonds is 2. The van der Waals surface area contributed by atoms with Crippen molar-refractivity contribution in [2.24, 2.45) is 0 Å². The van der Waals surface area contributed by atoms with Crippen LogP contribution in [0.5, 0.6) is 0 Å². The fourth-order valence-corrected chi connectivity index (χ4v) is 2.11. The van der Waals surface area contributed by atoms with Gasteiger partial charge in [-0.1, -0.05) is 40.2 Å². The normalized spacial score (nSPS) is 12.4. The van der Waals surface area contributed by atoms with Crippen molar-refractivity contribution in [3.8, 4) is 0 Å². The smallest absolute Gasteiger partial charge is 0.104 e. The molecule has 0 amide bonds. The van der Waals surface area contributed by atoms with Gasteiger partial charge in [-0.05, 0) is 58.0 Å². The first kappa shape index (κ1) is 12.1. The van der Waals surface area contributed by atoms with E-state index in [1.807, 2.05) is 48.5 Å². The molecule has 0 unspecified atom stereocenters. The highest BCUT2D eigenvalue weighted by molar-refractivity contribution is 14.1. The van der Waals surface area contributed by atoms with Crippen molar-refractivity contribution in [2.45, 2.75) is 6.10 Å². The van der Waals surface area contributed by atoms with Crippen molar-refractivity contribution in [1.29, 1.82) is 0 Å². The van der Waals surface area contributed by atoms with Crippen LogP contribution in [-0.4, -0.2) is 5.11 Å². The Morgan fingerprint density at radius 1 is 0.875 bits per heavy atom. The topological polar surface area (TPSA) is 20.2 Å². The summed E-state index contributed by atoms with van der Waals surface area (Å²) in [6.45, 7) is 0. The molecule has 0 aromatic heterocycles. The monoisotopic (exact) mass is 388 g/mol. The molecule has 1 atom stereocenters. The van der Waals surface area contributed by atoms with Gasteiger partial charge in [-0.2, -0.15) is 0 Å². The molecule has 0 aliphatic carbocycles. The van der Waals surface area contributed by atoms with Gasteiger partial charge in [0.15, 0.2) is 0 Å². The lowest BCUT2D eigenvalue weighted by Crippen LogP contribution is -1.99. The number of hydrogen-bond acceptors (Lipinski definition) is 1. The molecule has 3 heteroatoms. The first-order valence-electron chi connectivity index (χ1n) is 4.86. The summed E-state index contributed by atoms with van der Waals surface area (Å²) < 4.78 is 2.19. The van der Waals surface area contributed by atoms with E-state index in [-0.39, 0.29) is 0 Å². The zero-order valence-electron chi connectivity index (χ0n) is 8.40. The maximum Gasteiger partial charge on any atom is 0.104 e. The van der Waals surface area contributed by atoms with Crippen LogP contribution in [0.25, 0.3) is 0 Å². The molecule has 2 aromatic carbocycles. The standard InChI is InChI=1S/C13H10BrIO/c14-11-5-1-9(2-6-11)13(16)10-3-7-12(15)8-4-10/h1-8,13,16H/t13-/m1/s1. The molecule has 0 heterocycles. The predicted molar refractivity (Wildman–Crippen MR) is 77.4 cm³/mol. The van der Waals surface area contributed by atoms with Crippen molar-refractivity contribution in [3.63, 3.8) is 0 Å². The maximum absolute atomic E-state index is 10.2. The Morgan fingerprint density at radius 2 is 1.31 bits per heavy atom. The predicted octanol–water partition coefficient (Wildman–Crippen LogP) is 4.14. The molecular weight excluding hydrogens is 379 g/mol. The van der Waals surface area contributed by atoms with Crippen LogP contribution in [0.3, 0.4) is 0 Å². The van der Waals surface area contributed by atoms with Crippen LogP contribution in [0.1, 0.15) is 17.2 Å². The Kier molecular flexibility index (Phi) is 4.00. The van der Waals surface area contributed by atoms with E-state index >= 15 is 0 Å². The van der Waals surface area contributed by atoms with Crippen molar-refractivity contribution >= 4 is 38.5 Å². The molecule has 0 fully saturated rings. The van der Waals surface area contributed by atoms with E-state index in [4.69, 9.17) is 0 Å². The molecule has 0 aliphatic heterocycles. The Bertz CT molecular complexity index is 419. The fraction of sp³-hybridized carbons (Fsp3) is 0.0769. The molecule has 0 saturated carbocycles. The van der Waals surface area contributed by atoms with Crippen molar-refractivity contribution in [3.05, 3.63) is 67.7 Å². The van der Waals surface area contributed by atoms with E-state index in [1.54, 1.807) is 0 Å². The SMILES string of the molecule is O[C@H](c1ccc(Br)cc1)c1ccc(I)cc1. The maximum atomic E-state index is 10.2. The van der Waals surface area contributed by atoms with Gasteiger partial charge in [0, 0.05) is 8.04 Å². The number of aliphatic hydroxyl groups excluding tert-OH is 1. The summed E-state index contributed by atoms with van der Waals surface area (Å²) >= 11 is 5.63. The molecule has 82 valence electrons. The van der Waals surface area contributed by atoms with E-state index in [1.165, 1.54) is 3.57 Å². The van der Waals surface area contributed by atoms with Gasteiger partial charge in [0.1, 0.15) is 6.10 Å². The second kappa shape index (κ2) is 5.29. The lowest BCUT2D eigenvalue weighted by Gasteiger charge is -2.11. The number of benzene rings is 2.